The van der Waals surface area contributed by atoms with Crippen molar-refractivity contribution in [3.63, 3.8) is 0 Å². The van der Waals surface area contributed by atoms with Crippen molar-refractivity contribution in [2.75, 3.05) is 5.32 Å². The molecule has 1 amide bonds. The molecule has 11 nitrogen and oxygen atoms in total. The maximum atomic E-state index is 12.9. The number of aromatic nitrogens is 5. The Morgan fingerprint density at radius 3 is 2.66 bits per heavy atom. The molecule has 0 fully saturated rings. The van der Waals surface area contributed by atoms with Crippen LogP contribution in [0.15, 0.2) is 52.1 Å². The van der Waals surface area contributed by atoms with Gasteiger partial charge in [-0.3, -0.25) is 18.8 Å². The predicted octanol–water partition coefficient (Wildman–Crippen LogP) is 2.80. The smallest absolute Gasteiger partial charge is 0.296 e. The maximum absolute atomic E-state index is 12.9. The number of hydrogen-bond donors (Lipinski definition) is 2. The van der Waals surface area contributed by atoms with Gasteiger partial charge in [-0.25, -0.2) is 4.98 Å². The fourth-order valence-corrected chi connectivity index (χ4v) is 4.17. The van der Waals surface area contributed by atoms with E-state index in [0.717, 1.165) is 11.4 Å². The number of aromatic hydroxyl groups is 1. The number of nitriles is 1. The number of amides is 1. The van der Waals surface area contributed by atoms with Crippen LogP contribution in [0.1, 0.15) is 57.7 Å². The Morgan fingerprint density at radius 1 is 1.29 bits per heavy atom. The van der Waals surface area contributed by atoms with Gasteiger partial charge in [-0.2, -0.15) is 10.4 Å². The van der Waals surface area contributed by atoms with Gasteiger partial charge in [-0.05, 0) is 31.5 Å². The van der Waals surface area contributed by atoms with Crippen molar-refractivity contribution in [2.45, 2.75) is 32.7 Å². The van der Waals surface area contributed by atoms with Gasteiger partial charge in [0.1, 0.15) is 17.8 Å². The van der Waals surface area contributed by atoms with Crippen LogP contribution in [0.25, 0.3) is 0 Å². The largest absolute Gasteiger partial charge is 0.501 e. The third-order valence-corrected chi connectivity index (χ3v) is 5.80. The summed E-state index contributed by atoms with van der Waals surface area (Å²) in [5.74, 6) is -1.88. The molecule has 0 unspecified atom stereocenters. The third kappa shape index (κ3) is 4.29. The molecule has 0 aliphatic carbocycles. The molecule has 1 aromatic carbocycles. The van der Waals surface area contributed by atoms with Gasteiger partial charge in [0.2, 0.25) is 5.75 Å². The number of hydrogen-bond acceptors (Lipinski definition) is 8. The van der Waals surface area contributed by atoms with E-state index in [0.29, 0.717) is 11.1 Å². The maximum Gasteiger partial charge on any atom is 0.296 e. The number of anilines is 1. The average molecular weight is 473 g/mol. The highest BCUT2D eigenvalue weighted by atomic mass is 16.5. The molecule has 4 aromatic rings. The van der Waals surface area contributed by atoms with Crippen molar-refractivity contribution in [1.82, 2.24) is 24.5 Å². The molecule has 178 valence electrons. The highest BCUT2D eigenvalue weighted by Crippen LogP contribution is 2.36. The zero-order chi connectivity index (χ0) is 25.3. The van der Waals surface area contributed by atoms with Crippen LogP contribution in [-0.2, 0) is 7.05 Å². The minimum Gasteiger partial charge on any atom is -0.501 e. The highest BCUT2D eigenvalue weighted by molar-refractivity contribution is 6.04. The van der Waals surface area contributed by atoms with Crippen LogP contribution in [0.4, 0.5) is 5.69 Å². The first kappa shape index (κ1) is 23.4. The van der Waals surface area contributed by atoms with Crippen LogP contribution in [-0.4, -0.2) is 35.5 Å². The zero-order valence-electron chi connectivity index (χ0n) is 19.6. The van der Waals surface area contributed by atoms with Crippen LogP contribution >= 0.6 is 0 Å². The van der Waals surface area contributed by atoms with Gasteiger partial charge in [0.05, 0.1) is 29.6 Å². The standard InChI is InChI=1S/C24H23N7O4/c1-13-9-14(2)31(29-13)20(18-8-6-5-7-16(18)10-25)15(3)22-28-19(21(32)24(34)30(22)4)23(33)27-17-11-26-35-12-17/h5-9,11-12,15,20,32H,1-4H3,(H,27,33)/t15-,20-/m1/s1. The van der Waals surface area contributed by atoms with Gasteiger partial charge >= 0.3 is 0 Å². The molecule has 0 radical (unpaired) electrons. The van der Waals surface area contributed by atoms with E-state index in [-0.39, 0.29) is 11.5 Å². The number of nitrogens with zero attached hydrogens (tertiary/aromatic N) is 6. The summed E-state index contributed by atoms with van der Waals surface area (Å²) in [6.45, 7) is 5.59. The highest BCUT2D eigenvalue weighted by Gasteiger charge is 2.32. The molecule has 35 heavy (non-hydrogen) atoms. The van der Waals surface area contributed by atoms with E-state index in [1.807, 2.05) is 39.0 Å². The van der Waals surface area contributed by atoms with E-state index in [9.17, 15) is 20.0 Å². The number of rotatable bonds is 6. The van der Waals surface area contributed by atoms with E-state index < -0.39 is 34.9 Å². The first-order valence-electron chi connectivity index (χ1n) is 10.7. The van der Waals surface area contributed by atoms with Crippen LogP contribution in [0.2, 0.25) is 0 Å². The summed E-state index contributed by atoms with van der Waals surface area (Å²) in [6, 6.07) is 10.7. The molecule has 0 bridgehead atoms. The molecule has 3 aromatic heterocycles. The Hall–Kier alpha value is -4.72. The topological polar surface area (TPSA) is 152 Å². The van der Waals surface area contributed by atoms with Gasteiger partial charge in [0.25, 0.3) is 11.5 Å². The molecule has 0 saturated heterocycles. The summed E-state index contributed by atoms with van der Waals surface area (Å²) in [6.07, 6.45) is 2.48. The molecule has 2 N–H and O–H groups in total. The molecule has 0 saturated carbocycles. The van der Waals surface area contributed by atoms with Crippen molar-refractivity contribution < 1.29 is 14.4 Å². The molecule has 11 heteroatoms. The number of carbonyl (C=O) groups is 1. The number of carbonyl (C=O) groups excluding carboxylic acids is 1. The lowest BCUT2D eigenvalue weighted by molar-refractivity contribution is 0.101. The minimum atomic E-state index is -0.795. The van der Waals surface area contributed by atoms with E-state index >= 15 is 0 Å². The average Bonchev–Trinajstić information content (AvgIpc) is 3.47. The zero-order valence-corrected chi connectivity index (χ0v) is 19.6. The van der Waals surface area contributed by atoms with E-state index in [1.165, 1.54) is 24.1 Å². The fourth-order valence-electron chi connectivity index (χ4n) is 4.17. The summed E-state index contributed by atoms with van der Waals surface area (Å²) >= 11 is 0. The summed E-state index contributed by atoms with van der Waals surface area (Å²) in [5.41, 5.74) is 1.80. The van der Waals surface area contributed by atoms with Crippen molar-refractivity contribution in [2.24, 2.45) is 7.05 Å². The normalized spacial score (nSPS) is 12.7. The Kier molecular flexibility index (Phi) is 6.20. The second-order valence-electron chi connectivity index (χ2n) is 8.20. The second-order valence-corrected chi connectivity index (χ2v) is 8.20. The predicted molar refractivity (Wildman–Crippen MR) is 125 cm³/mol. The minimum absolute atomic E-state index is 0.230. The Morgan fingerprint density at radius 2 is 2.03 bits per heavy atom. The molecule has 4 rings (SSSR count). The summed E-state index contributed by atoms with van der Waals surface area (Å²) in [5, 5.41) is 30.8. The summed E-state index contributed by atoms with van der Waals surface area (Å²) in [7, 11) is 1.47. The molecule has 0 spiro atoms. The van der Waals surface area contributed by atoms with Crippen LogP contribution in [0.5, 0.6) is 5.75 Å². The lowest BCUT2D eigenvalue weighted by Gasteiger charge is -2.28. The summed E-state index contributed by atoms with van der Waals surface area (Å²) < 4.78 is 7.68. The number of aryl methyl sites for hydroxylation is 2. The molecule has 0 aliphatic rings. The van der Waals surface area contributed by atoms with E-state index in [2.05, 4.69) is 26.6 Å². The SMILES string of the molecule is Cc1cc(C)n([C@@H](c2ccccc2C#N)[C@@H](C)c2nc(C(=O)Nc3cnoc3)c(O)c(=O)n2C)n1. The monoisotopic (exact) mass is 473 g/mol. The summed E-state index contributed by atoms with van der Waals surface area (Å²) in [4.78, 5) is 30.1. The van der Waals surface area contributed by atoms with Crippen molar-refractivity contribution in [3.8, 4) is 11.8 Å². The fraction of sp³-hybridized carbons (Fsp3) is 0.250. The molecule has 2 atom stereocenters. The Bertz CT molecular complexity index is 1500. The lowest BCUT2D eigenvalue weighted by atomic mass is 9.90. The third-order valence-electron chi connectivity index (χ3n) is 5.80. The first-order chi connectivity index (χ1) is 16.7. The molecule has 0 aliphatic heterocycles. The lowest BCUT2D eigenvalue weighted by Crippen LogP contribution is -2.31. The Balaban J connectivity index is 1.88. The van der Waals surface area contributed by atoms with Crippen molar-refractivity contribution in [3.05, 3.63) is 87.2 Å². The van der Waals surface area contributed by atoms with Crippen molar-refractivity contribution in [1.29, 1.82) is 5.26 Å². The van der Waals surface area contributed by atoms with Crippen LogP contribution in [0.3, 0.4) is 0 Å². The number of nitrogens with one attached hydrogen (secondary N) is 1. The second kappa shape index (κ2) is 9.26. The number of benzene rings is 1. The van der Waals surface area contributed by atoms with Gasteiger partial charge in [0, 0.05) is 18.7 Å². The van der Waals surface area contributed by atoms with E-state index in [1.54, 1.807) is 16.8 Å². The van der Waals surface area contributed by atoms with Crippen LogP contribution in [0, 0.1) is 25.2 Å². The van der Waals surface area contributed by atoms with Crippen molar-refractivity contribution >= 4 is 11.6 Å². The van der Waals surface area contributed by atoms with Gasteiger partial charge < -0.3 is 14.9 Å². The molecular weight excluding hydrogens is 450 g/mol. The quantitative estimate of drug-likeness (QED) is 0.434. The van der Waals surface area contributed by atoms with Crippen LogP contribution < -0.4 is 10.9 Å². The van der Waals surface area contributed by atoms with Gasteiger partial charge in [-0.15, -0.1) is 0 Å². The van der Waals surface area contributed by atoms with Gasteiger partial charge in [-0.1, -0.05) is 30.3 Å². The van der Waals surface area contributed by atoms with Gasteiger partial charge in [0.15, 0.2) is 5.69 Å². The van der Waals surface area contributed by atoms with E-state index in [4.69, 9.17) is 4.52 Å². The molecular formula is C24H23N7O4. The first-order valence-corrected chi connectivity index (χ1v) is 10.7. The molecule has 3 heterocycles. The Labute approximate surface area is 200 Å².